The van der Waals surface area contributed by atoms with Crippen molar-refractivity contribution in [2.45, 2.75) is 13.0 Å². The normalized spacial score (nSPS) is 11.2. The van der Waals surface area contributed by atoms with E-state index in [0.717, 1.165) is 0 Å². The number of rotatable bonds is 3. The zero-order valence-electron chi connectivity index (χ0n) is 10.0. The molecule has 0 aliphatic rings. The van der Waals surface area contributed by atoms with Gasteiger partial charge in [0.25, 0.3) is 0 Å². The molecule has 6 heteroatoms. The van der Waals surface area contributed by atoms with E-state index >= 15 is 0 Å². The number of nitrogens with zero attached hydrogens (tertiary/aromatic N) is 2. The smallest absolute Gasteiger partial charge is 0.325 e. The number of carboxylic acid groups (broad SMARTS) is 1. The fourth-order valence-electron chi connectivity index (χ4n) is 1.22. The molecule has 1 atom stereocenters. The van der Waals surface area contributed by atoms with Gasteiger partial charge >= 0.3 is 12.0 Å². The van der Waals surface area contributed by atoms with Crippen LogP contribution < -0.4 is 10.2 Å². The first-order valence-electron chi connectivity index (χ1n) is 5.23. The molecule has 0 radical (unpaired) electrons. The van der Waals surface area contributed by atoms with E-state index < -0.39 is 18.0 Å². The number of nitriles is 1. The van der Waals surface area contributed by atoms with Gasteiger partial charge in [-0.15, -0.1) is 0 Å². The van der Waals surface area contributed by atoms with Gasteiger partial charge in [0.2, 0.25) is 0 Å². The van der Waals surface area contributed by atoms with Crippen molar-refractivity contribution < 1.29 is 14.7 Å². The van der Waals surface area contributed by atoms with Gasteiger partial charge in [0.15, 0.2) is 0 Å². The third-order valence-electron chi connectivity index (χ3n) is 2.40. The standard InChI is InChI=1S/C12H13N3O3/c1-8(11(16)17)14-12(18)15(2)10-5-3-9(7-13)4-6-10/h3-6,8H,1-2H3,(H,14,18)(H,16,17)/t8-/m0/s1. The Morgan fingerprint density at radius 3 is 2.39 bits per heavy atom. The average Bonchev–Trinajstić information content (AvgIpc) is 2.37. The van der Waals surface area contributed by atoms with Gasteiger partial charge < -0.3 is 10.4 Å². The third kappa shape index (κ3) is 3.22. The summed E-state index contributed by atoms with van der Waals surface area (Å²) in [6.45, 7) is 1.38. The van der Waals surface area contributed by atoms with Gasteiger partial charge in [-0.1, -0.05) is 0 Å². The van der Waals surface area contributed by atoms with Crippen molar-refractivity contribution in [2.24, 2.45) is 0 Å². The van der Waals surface area contributed by atoms with Crippen LogP contribution in [0.15, 0.2) is 24.3 Å². The van der Waals surface area contributed by atoms with Crippen LogP contribution in [0, 0.1) is 11.3 Å². The van der Waals surface area contributed by atoms with Crippen molar-refractivity contribution in [3.63, 3.8) is 0 Å². The first-order chi connectivity index (χ1) is 8.45. The van der Waals surface area contributed by atoms with Gasteiger partial charge in [-0.2, -0.15) is 5.26 Å². The largest absolute Gasteiger partial charge is 0.480 e. The first-order valence-corrected chi connectivity index (χ1v) is 5.23. The number of aliphatic carboxylic acids is 1. The number of anilines is 1. The minimum Gasteiger partial charge on any atom is -0.480 e. The Morgan fingerprint density at radius 2 is 1.94 bits per heavy atom. The number of amides is 2. The summed E-state index contributed by atoms with van der Waals surface area (Å²) in [5.74, 6) is -1.10. The first kappa shape index (κ1) is 13.5. The number of carboxylic acids is 1. The van der Waals surface area contributed by atoms with Crippen molar-refractivity contribution in [1.29, 1.82) is 5.26 Å². The number of hydrogen-bond donors (Lipinski definition) is 2. The van der Waals surface area contributed by atoms with E-state index in [1.807, 2.05) is 6.07 Å². The van der Waals surface area contributed by atoms with Crippen LogP contribution in [0.5, 0.6) is 0 Å². The zero-order valence-corrected chi connectivity index (χ0v) is 10.0. The van der Waals surface area contributed by atoms with E-state index in [-0.39, 0.29) is 0 Å². The molecule has 6 nitrogen and oxygen atoms in total. The molecule has 0 bridgehead atoms. The third-order valence-corrected chi connectivity index (χ3v) is 2.40. The number of benzene rings is 1. The Balaban J connectivity index is 2.74. The Hall–Kier alpha value is -2.55. The molecule has 2 N–H and O–H groups in total. The second-order valence-corrected chi connectivity index (χ2v) is 3.73. The molecular weight excluding hydrogens is 234 g/mol. The summed E-state index contributed by atoms with van der Waals surface area (Å²) in [6, 6.07) is 6.89. The molecule has 0 saturated carbocycles. The van der Waals surface area contributed by atoms with E-state index in [4.69, 9.17) is 10.4 Å². The summed E-state index contributed by atoms with van der Waals surface area (Å²) >= 11 is 0. The van der Waals surface area contributed by atoms with Crippen LogP contribution in [-0.2, 0) is 4.79 Å². The second-order valence-electron chi connectivity index (χ2n) is 3.73. The summed E-state index contributed by atoms with van der Waals surface area (Å²) in [4.78, 5) is 23.6. The number of nitrogens with one attached hydrogen (secondary N) is 1. The maximum Gasteiger partial charge on any atom is 0.325 e. The van der Waals surface area contributed by atoms with Crippen LogP contribution in [0.4, 0.5) is 10.5 Å². The summed E-state index contributed by atoms with van der Waals surface area (Å²) in [6.07, 6.45) is 0. The lowest BCUT2D eigenvalue weighted by Crippen LogP contribution is -2.45. The molecule has 1 rings (SSSR count). The van der Waals surface area contributed by atoms with E-state index in [1.54, 1.807) is 24.3 Å². The van der Waals surface area contributed by atoms with E-state index in [2.05, 4.69) is 5.32 Å². The topological polar surface area (TPSA) is 93.4 Å². The maximum absolute atomic E-state index is 11.7. The highest BCUT2D eigenvalue weighted by molar-refractivity contribution is 5.93. The van der Waals surface area contributed by atoms with Gasteiger partial charge in [0.1, 0.15) is 6.04 Å². The van der Waals surface area contributed by atoms with Gasteiger partial charge in [-0.3, -0.25) is 9.69 Å². The molecule has 94 valence electrons. The van der Waals surface area contributed by atoms with Gasteiger partial charge in [0.05, 0.1) is 11.6 Å². The van der Waals surface area contributed by atoms with Gasteiger partial charge in [0, 0.05) is 12.7 Å². The lowest BCUT2D eigenvalue weighted by Gasteiger charge is -2.19. The molecule has 0 spiro atoms. The minimum atomic E-state index is -1.10. The van der Waals surface area contributed by atoms with Crippen LogP contribution in [-0.4, -0.2) is 30.2 Å². The molecule has 0 saturated heterocycles. The number of carbonyl (C=O) groups excluding carboxylic acids is 1. The van der Waals surface area contributed by atoms with Gasteiger partial charge in [-0.05, 0) is 31.2 Å². The minimum absolute atomic E-state index is 0.492. The molecular formula is C12H13N3O3. The molecule has 0 fully saturated rings. The second kappa shape index (κ2) is 5.68. The lowest BCUT2D eigenvalue weighted by atomic mass is 10.2. The predicted molar refractivity (Wildman–Crippen MR) is 65.2 cm³/mol. The zero-order chi connectivity index (χ0) is 13.7. The van der Waals surface area contributed by atoms with Crippen LogP contribution in [0.3, 0.4) is 0 Å². The molecule has 1 aromatic carbocycles. The monoisotopic (exact) mass is 247 g/mol. The number of hydrogen-bond acceptors (Lipinski definition) is 3. The Labute approximate surface area is 104 Å². The Bertz CT molecular complexity index is 490. The molecule has 1 aromatic rings. The molecule has 0 aliphatic heterocycles. The Morgan fingerprint density at radius 1 is 1.39 bits per heavy atom. The number of carbonyl (C=O) groups is 2. The Kier molecular flexibility index (Phi) is 4.27. The maximum atomic E-state index is 11.7. The van der Waals surface area contributed by atoms with Crippen LogP contribution >= 0.6 is 0 Å². The summed E-state index contributed by atoms with van der Waals surface area (Å²) in [5, 5.41) is 19.7. The van der Waals surface area contributed by atoms with Crippen molar-refractivity contribution in [3.05, 3.63) is 29.8 Å². The summed E-state index contributed by atoms with van der Waals surface area (Å²) < 4.78 is 0. The van der Waals surface area contributed by atoms with Crippen molar-refractivity contribution in [2.75, 3.05) is 11.9 Å². The summed E-state index contributed by atoms with van der Waals surface area (Å²) in [7, 11) is 1.52. The highest BCUT2D eigenvalue weighted by Crippen LogP contribution is 2.13. The predicted octanol–water partition coefficient (Wildman–Crippen LogP) is 1.18. The fraction of sp³-hybridized carbons (Fsp3) is 0.250. The molecule has 18 heavy (non-hydrogen) atoms. The van der Waals surface area contributed by atoms with Gasteiger partial charge in [-0.25, -0.2) is 4.79 Å². The SMILES string of the molecule is C[C@H](NC(=O)N(C)c1ccc(C#N)cc1)C(=O)O. The van der Waals surface area contributed by atoms with Crippen LogP contribution in [0.1, 0.15) is 12.5 Å². The fourth-order valence-corrected chi connectivity index (χ4v) is 1.22. The quantitative estimate of drug-likeness (QED) is 0.838. The van der Waals surface area contributed by atoms with E-state index in [0.29, 0.717) is 11.3 Å². The van der Waals surface area contributed by atoms with E-state index in [1.165, 1.54) is 18.9 Å². The van der Waals surface area contributed by atoms with Crippen molar-refractivity contribution in [1.82, 2.24) is 5.32 Å². The molecule has 0 heterocycles. The number of urea groups is 1. The van der Waals surface area contributed by atoms with Crippen LogP contribution in [0.2, 0.25) is 0 Å². The molecule has 0 unspecified atom stereocenters. The van der Waals surface area contributed by atoms with Crippen LogP contribution in [0.25, 0.3) is 0 Å². The van der Waals surface area contributed by atoms with Crippen molar-refractivity contribution in [3.8, 4) is 6.07 Å². The lowest BCUT2D eigenvalue weighted by molar-refractivity contribution is -0.138. The van der Waals surface area contributed by atoms with E-state index in [9.17, 15) is 9.59 Å². The molecule has 2 amide bonds. The molecule has 0 aromatic heterocycles. The summed E-state index contributed by atoms with van der Waals surface area (Å²) in [5.41, 5.74) is 1.07. The highest BCUT2D eigenvalue weighted by atomic mass is 16.4. The highest BCUT2D eigenvalue weighted by Gasteiger charge is 2.17. The molecule has 0 aliphatic carbocycles. The average molecular weight is 247 g/mol. The van der Waals surface area contributed by atoms with Crippen molar-refractivity contribution >= 4 is 17.7 Å².